The zero-order chi connectivity index (χ0) is 14.8. The molecule has 0 aromatic heterocycles. The maximum Gasteiger partial charge on any atom is 0.314 e. The monoisotopic (exact) mass is 278 g/mol. The highest BCUT2D eigenvalue weighted by atomic mass is 16.3. The lowest BCUT2D eigenvalue weighted by atomic mass is 9.86. The molecule has 0 bridgehead atoms. The predicted octanol–water partition coefficient (Wildman–Crippen LogP) is 2.33. The topological polar surface area (TPSA) is 61.4 Å². The van der Waals surface area contributed by atoms with E-state index in [1.807, 2.05) is 6.07 Å². The van der Waals surface area contributed by atoms with Crippen LogP contribution in [0.15, 0.2) is 30.3 Å². The van der Waals surface area contributed by atoms with Crippen molar-refractivity contribution in [2.75, 3.05) is 19.7 Å². The number of hydrogen-bond donors (Lipinski definition) is 3. The molecule has 0 atom stereocenters. The van der Waals surface area contributed by atoms with Gasteiger partial charge in [0.05, 0.1) is 6.61 Å². The maximum atomic E-state index is 11.4. The summed E-state index contributed by atoms with van der Waals surface area (Å²) in [5.74, 6) is 0. The van der Waals surface area contributed by atoms with Crippen molar-refractivity contribution in [1.29, 1.82) is 0 Å². The molecule has 4 nitrogen and oxygen atoms in total. The zero-order valence-electron chi connectivity index (χ0n) is 12.5. The van der Waals surface area contributed by atoms with E-state index in [-0.39, 0.29) is 18.1 Å². The fraction of sp³-hybridized carbons (Fsp3) is 0.562. The van der Waals surface area contributed by atoms with Gasteiger partial charge in [-0.2, -0.15) is 0 Å². The summed E-state index contributed by atoms with van der Waals surface area (Å²) in [5.41, 5.74) is 1.43. The van der Waals surface area contributed by atoms with Gasteiger partial charge in [0.25, 0.3) is 0 Å². The van der Waals surface area contributed by atoms with Crippen LogP contribution in [0.3, 0.4) is 0 Å². The van der Waals surface area contributed by atoms with E-state index in [4.69, 9.17) is 5.11 Å². The van der Waals surface area contributed by atoms with Gasteiger partial charge in [0.15, 0.2) is 0 Å². The molecule has 0 fully saturated rings. The predicted molar refractivity (Wildman–Crippen MR) is 81.6 cm³/mol. The molecule has 20 heavy (non-hydrogen) atoms. The minimum Gasteiger partial charge on any atom is -0.395 e. The van der Waals surface area contributed by atoms with Gasteiger partial charge in [-0.25, -0.2) is 4.79 Å². The third-order valence-electron chi connectivity index (χ3n) is 3.29. The van der Waals surface area contributed by atoms with Crippen LogP contribution in [0.4, 0.5) is 4.79 Å². The quantitative estimate of drug-likeness (QED) is 0.683. The second-order valence-electron chi connectivity index (χ2n) is 5.84. The van der Waals surface area contributed by atoms with Gasteiger partial charge in [-0.05, 0) is 30.2 Å². The van der Waals surface area contributed by atoms with Crippen molar-refractivity contribution in [3.63, 3.8) is 0 Å². The molecule has 0 radical (unpaired) electrons. The Morgan fingerprint density at radius 2 is 1.90 bits per heavy atom. The number of hydrogen-bond acceptors (Lipinski definition) is 2. The lowest BCUT2D eigenvalue weighted by Crippen LogP contribution is -2.41. The molecule has 4 heteroatoms. The Balaban J connectivity index is 2.22. The molecular formula is C16H26N2O2. The minimum atomic E-state index is -0.213. The van der Waals surface area contributed by atoms with Gasteiger partial charge in [0.2, 0.25) is 0 Å². The first-order chi connectivity index (χ1) is 9.53. The highest BCUT2D eigenvalue weighted by Gasteiger charge is 2.18. The average Bonchev–Trinajstić information content (AvgIpc) is 2.44. The van der Waals surface area contributed by atoms with Crippen molar-refractivity contribution in [1.82, 2.24) is 10.6 Å². The van der Waals surface area contributed by atoms with E-state index >= 15 is 0 Å². The molecule has 0 aliphatic rings. The number of nitrogens with one attached hydrogen (secondary N) is 2. The Morgan fingerprint density at radius 1 is 1.20 bits per heavy atom. The number of benzene rings is 1. The van der Waals surface area contributed by atoms with E-state index in [9.17, 15) is 4.79 Å². The van der Waals surface area contributed by atoms with Crippen molar-refractivity contribution in [3.8, 4) is 0 Å². The summed E-state index contributed by atoms with van der Waals surface area (Å²) in [4.78, 5) is 11.4. The minimum absolute atomic E-state index is 0.0338. The molecule has 0 heterocycles. The third-order valence-corrected chi connectivity index (χ3v) is 3.29. The summed E-state index contributed by atoms with van der Waals surface area (Å²) < 4.78 is 0. The maximum absolute atomic E-state index is 11.4. The number of urea groups is 1. The molecule has 3 N–H and O–H groups in total. The third kappa shape index (κ3) is 7.14. The summed E-state index contributed by atoms with van der Waals surface area (Å²) in [6, 6.07) is 10.2. The van der Waals surface area contributed by atoms with Crippen LogP contribution >= 0.6 is 0 Å². The smallest absolute Gasteiger partial charge is 0.314 e. The molecular weight excluding hydrogens is 252 g/mol. The number of amides is 2. The van der Waals surface area contributed by atoms with E-state index < -0.39 is 0 Å². The lowest BCUT2D eigenvalue weighted by molar-refractivity contribution is 0.225. The van der Waals surface area contributed by atoms with Gasteiger partial charge in [-0.1, -0.05) is 44.2 Å². The SMILES string of the molecule is CC(C)(CCCc1ccccc1)CNC(=O)NCCO. The summed E-state index contributed by atoms with van der Waals surface area (Å²) in [7, 11) is 0. The van der Waals surface area contributed by atoms with E-state index in [2.05, 4.69) is 48.7 Å². The molecule has 112 valence electrons. The number of aliphatic hydroxyl groups is 1. The van der Waals surface area contributed by atoms with Gasteiger partial charge in [0, 0.05) is 13.1 Å². The van der Waals surface area contributed by atoms with Crippen LogP contribution in [-0.2, 0) is 6.42 Å². The van der Waals surface area contributed by atoms with Crippen LogP contribution < -0.4 is 10.6 Å². The number of rotatable bonds is 8. The summed E-state index contributed by atoms with van der Waals surface area (Å²) >= 11 is 0. The van der Waals surface area contributed by atoms with Crippen LogP contribution in [0.2, 0.25) is 0 Å². The van der Waals surface area contributed by atoms with Crippen LogP contribution in [0.25, 0.3) is 0 Å². The Kier molecular flexibility index (Phi) is 7.09. The van der Waals surface area contributed by atoms with Gasteiger partial charge < -0.3 is 15.7 Å². The fourth-order valence-electron chi connectivity index (χ4n) is 2.06. The van der Waals surface area contributed by atoms with Gasteiger partial charge in [-0.3, -0.25) is 0 Å². The Hall–Kier alpha value is -1.55. The number of carbonyl (C=O) groups is 1. The number of aryl methyl sites for hydroxylation is 1. The van der Waals surface area contributed by atoms with Crippen LogP contribution in [-0.4, -0.2) is 30.8 Å². The van der Waals surface area contributed by atoms with E-state index in [0.29, 0.717) is 13.1 Å². The second kappa shape index (κ2) is 8.59. The Morgan fingerprint density at radius 3 is 2.55 bits per heavy atom. The molecule has 1 aromatic rings. The van der Waals surface area contributed by atoms with Crippen molar-refractivity contribution in [2.24, 2.45) is 5.41 Å². The zero-order valence-corrected chi connectivity index (χ0v) is 12.5. The average molecular weight is 278 g/mol. The molecule has 0 saturated heterocycles. The van der Waals surface area contributed by atoms with E-state index in [1.54, 1.807) is 0 Å². The Labute approximate surface area is 121 Å². The number of carbonyl (C=O) groups excluding carboxylic acids is 1. The molecule has 0 aliphatic carbocycles. The summed E-state index contributed by atoms with van der Waals surface area (Å²) in [6.45, 7) is 5.21. The fourth-order valence-corrected chi connectivity index (χ4v) is 2.06. The van der Waals surface area contributed by atoms with Gasteiger partial charge >= 0.3 is 6.03 Å². The standard InChI is InChI=1S/C16H26N2O2/c1-16(2,13-18-15(20)17-11-12-19)10-6-9-14-7-4-3-5-8-14/h3-5,7-8,19H,6,9-13H2,1-2H3,(H2,17,18,20). The second-order valence-corrected chi connectivity index (χ2v) is 5.84. The van der Waals surface area contributed by atoms with E-state index in [0.717, 1.165) is 19.3 Å². The Bertz CT molecular complexity index is 391. The molecule has 0 unspecified atom stereocenters. The first-order valence-electron chi connectivity index (χ1n) is 7.20. The van der Waals surface area contributed by atoms with Crippen LogP contribution in [0.5, 0.6) is 0 Å². The molecule has 0 saturated carbocycles. The van der Waals surface area contributed by atoms with Crippen LogP contribution in [0.1, 0.15) is 32.3 Å². The largest absolute Gasteiger partial charge is 0.395 e. The van der Waals surface area contributed by atoms with Crippen molar-refractivity contribution >= 4 is 6.03 Å². The van der Waals surface area contributed by atoms with Crippen molar-refractivity contribution in [2.45, 2.75) is 33.1 Å². The molecule has 1 rings (SSSR count). The van der Waals surface area contributed by atoms with Crippen molar-refractivity contribution < 1.29 is 9.90 Å². The highest BCUT2D eigenvalue weighted by molar-refractivity contribution is 5.73. The van der Waals surface area contributed by atoms with Crippen LogP contribution in [0, 0.1) is 5.41 Å². The lowest BCUT2D eigenvalue weighted by Gasteiger charge is -2.25. The highest BCUT2D eigenvalue weighted by Crippen LogP contribution is 2.22. The summed E-state index contributed by atoms with van der Waals surface area (Å²) in [6.07, 6.45) is 3.24. The molecule has 0 spiro atoms. The first kappa shape index (κ1) is 16.5. The molecule has 2 amide bonds. The molecule has 1 aromatic carbocycles. The first-order valence-corrected chi connectivity index (χ1v) is 7.20. The van der Waals surface area contributed by atoms with Crippen molar-refractivity contribution in [3.05, 3.63) is 35.9 Å². The number of aliphatic hydroxyl groups excluding tert-OH is 1. The normalized spacial score (nSPS) is 11.2. The van der Waals surface area contributed by atoms with E-state index in [1.165, 1.54) is 5.56 Å². The molecule has 0 aliphatic heterocycles. The van der Waals surface area contributed by atoms with Gasteiger partial charge in [-0.15, -0.1) is 0 Å². The summed E-state index contributed by atoms with van der Waals surface area (Å²) in [5, 5.41) is 14.1. The van der Waals surface area contributed by atoms with Gasteiger partial charge in [0.1, 0.15) is 0 Å².